The first-order valence-corrected chi connectivity index (χ1v) is 7.51. The highest BCUT2D eigenvalue weighted by Gasteiger charge is 2.64. The van der Waals surface area contributed by atoms with E-state index in [-0.39, 0.29) is 0 Å². The second-order valence-corrected chi connectivity index (χ2v) is 7.74. The van der Waals surface area contributed by atoms with Gasteiger partial charge in [-0.2, -0.15) is 0 Å². The molecule has 2 saturated carbocycles. The molecular weight excluding hydrogens is 220 g/mol. The molecular formula is C17H26O. The Labute approximate surface area is 111 Å². The van der Waals surface area contributed by atoms with Gasteiger partial charge in [-0.25, -0.2) is 0 Å². The van der Waals surface area contributed by atoms with E-state index in [0.717, 1.165) is 18.3 Å². The molecule has 3 aliphatic rings. The van der Waals surface area contributed by atoms with Gasteiger partial charge in [0.05, 0.1) is 0 Å². The van der Waals surface area contributed by atoms with Crippen LogP contribution in [-0.4, -0.2) is 5.78 Å². The van der Waals surface area contributed by atoms with Gasteiger partial charge in [-0.1, -0.05) is 26.3 Å². The fourth-order valence-electron chi connectivity index (χ4n) is 5.84. The Morgan fingerprint density at radius 1 is 1.28 bits per heavy atom. The molecule has 18 heavy (non-hydrogen) atoms. The molecule has 1 nitrogen and oxygen atoms in total. The average Bonchev–Trinajstić information content (AvgIpc) is 2.68. The molecule has 1 spiro atoms. The van der Waals surface area contributed by atoms with Crippen LogP contribution in [0.2, 0.25) is 0 Å². The van der Waals surface area contributed by atoms with Crippen molar-refractivity contribution in [3.05, 3.63) is 11.1 Å². The lowest BCUT2D eigenvalue weighted by molar-refractivity contribution is -0.114. The van der Waals surface area contributed by atoms with E-state index < -0.39 is 0 Å². The number of fused-ring (bicyclic) bond motifs is 1. The Morgan fingerprint density at radius 3 is 2.56 bits per heavy atom. The van der Waals surface area contributed by atoms with Crippen LogP contribution in [0.5, 0.6) is 0 Å². The number of allylic oxidation sites excluding steroid dienone is 2. The van der Waals surface area contributed by atoms with Gasteiger partial charge in [-0.05, 0) is 73.7 Å². The molecule has 0 heterocycles. The van der Waals surface area contributed by atoms with E-state index in [1.165, 1.54) is 30.4 Å². The van der Waals surface area contributed by atoms with Gasteiger partial charge >= 0.3 is 0 Å². The summed E-state index contributed by atoms with van der Waals surface area (Å²) in [6.07, 6.45) is 5.16. The highest BCUT2D eigenvalue weighted by Crippen LogP contribution is 2.72. The highest BCUT2D eigenvalue weighted by molar-refractivity contribution is 5.94. The van der Waals surface area contributed by atoms with Gasteiger partial charge < -0.3 is 0 Å². The van der Waals surface area contributed by atoms with Crippen LogP contribution in [-0.2, 0) is 4.79 Å². The monoisotopic (exact) mass is 246 g/mol. The third-order valence-corrected chi connectivity index (χ3v) is 6.87. The molecule has 4 atom stereocenters. The smallest absolute Gasteiger partial charge is 0.155 e. The maximum Gasteiger partial charge on any atom is 0.155 e. The molecule has 3 aliphatic carbocycles. The van der Waals surface area contributed by atoms with E-state index in [1.807, 2.05) is 0 Å². The fraction of sp³-hybridized carbons (Fsp3) is 0.824. The van der Waals surface area contributed by atoms with E-state index in [9.17, 15) is 4.79 Å². The van der Waals surface area contributed by atoms with Gasteiger partial charge in [0.1, 0.15) is 0 Å². The number of Topliss-reactive ketones (excluding diaryl/α,β-unsaturated/α-hetero) is 1. The summed E-state index contributed by atoms with van der Waals surface area (Å²) in [5.74, 6) is 2.61. The molecule has 3 rings (SSSR count). The Morgan fingerprint density at radius 2 is 1.94 bits per heavy atom. The molecule has 0 aromatic heterocycles. The van der Waals surface area contributed by atoms with Crippen molar-refractivity contribution in [3.63, 3.8) is 0 Å². The van der Waals surface area contributed by atoms with Crippen molar-refractivity contribution in [1.29, 1.82) is 0 Å². The maximum atomic E-state index is 12.0. The van der Waals surface area contributed by atoms with E-state index in [2.05, 4.69) is 27.7 Å². The molecule has 1 unspecified atom stereocenters. The summed E-state index contributed by atoms with van der Waals surface area (Å²) < 4.78 is 0. The zero-order valence-electron chi connectivity index (χ0n) is 12.5. The molecule has 2 bridgehead atoms. The van der Waals surface area contributed by atoms with Gasteiger partial charge in [-0.3, -0.25) is 4.79 Å². The third kappa shape index (κ3) is 1.26. The lowest BCUT2D eigenvalue weighted by Crippen LogP contribution is -2.32. The number of carbonyl (C=O) groups is 1. The minimum atomic E-state index is 0.326. The molecule has 0 aliphatic heterocycles. The van der Waals surface area contributed by atoms with Crippen LogP contribution in [0.3, 0.4) is 0 Å². The van der Waals surface area contributed by atoms with Crippen LogP contribution in [0.1, 0.15) is 60.3 Å². The lowest BCUT2D eigenvalue weighted by atomic mass is 9.65. The van der Waals surface area contributed by atoms with Crippen molar-refractivity contribution in [1.82, 2.24) is 0 Å². The van der Waals surface area contributed by atoms with Crippen molar-refractivity contribution in [2.24, 2.45) is 28.6 Å². The first kappa shape index (κ1) is 12.4. The van der Waals surface area contributed by atoms with Crippen molar-refractivity contribution in [2.45, 2.75) is 60.3 Å². The van der Waals surface area contributed by atoms with Gasteiger partial charge in [0, 0.05) is 0 Å². The molecule has 0 N–H and O–H groups in total. The Bertz CT molecular complexity index is 443. The second-order valence-electron chi connectivity index (χ2n) is 7.74. The second kappa shape index (κ2) is 3.49. The average molecular weight is 246 g/mol. The quantitative estimate of drug-likeness (QED) is 0.671. The number of hydrogen-bond acceptors (Lipinski definition) is 1. The summed E-state index contributed by atoms with van der Waals surface area (Å²) in [4.78, 5) is 12.0. The Kier molecular flexibility index (Phi) is 2.41. The minimum absolute atomic E-state index is 0.326. The molecule has 0 aromatic carbocycles. The van der Waals surface area contributed by atoms with E-state index in [0.29, 0.717) is 22.5 Å². The Balaban J connectivity index is 2.15. The number of carbonyl (C=O) groups excluding carboxylic acids is 1. The van der Waals surface area contributed by atoms with Gasteiger partial charge in [0.2, 0.25) is 0 Å². The zero-order chi connectivity index (χ0) is 13.3. The van der Waals surface area contributed by atoms with Crippen LogP contribution in [0.15, 0.2) is 11.1 Å². The Hall–Kier alpha value is -0.590. The van der Waals surface area contributed by atoms with Crippen molar-refractivity contribution in [3.8, 4) is 0 Å². The van der Waals surface area contributed by atoms with Gasteiger partial charge in [0.25, 0.3) is 0 Å². The topological polar surface area (TPSA) is 17.1 Å². The largest absolute Gasteiger partial charge is 0.295 e. The number of hydrogen-bond donors (Lipinski definition) is 0. The van der Waals surface area contributed by atoms with E-state index in [1.54, 1.807) is 6.92 Å². The van der Waals surface area contributed by atoms with Crippen LogP contribution in [0.25, 0.3) is 0 Å². The third-order valence-electron chi connectivity index (χ3n) is 6.87. The fourth-order valence-corrected chi connectivity index (χ4v) is 5.84. The van der Waals surface area contributed by atoms with Crippen LogP contribution < -0.4 is 0 Å². The van der Waals surface area contributed by atoms with Gasteiger partial charge in [-0.15, -0.1) is 0 Å². The molecule has 100 valence electrons. The van der Waals surface area contributed by atoms with E-state index >= 15 is 0 Å². The van der Waals surface area contributed by atoms with Gasteiger partial charge in [0.15, 0.2) is 5.78 Å². The minimum Gasteiger partial charge on any atom is -0.295 e. The number of ketones is 1. The van der Waals surface area contributed by atoms with Crippen LogP contribution in [0, 0.1) is 28.6 Å². The molecule has 0 saturated heterocycles. The SMILES string of the molecule is CC(=O)C1=C(C)[C@@H]2C[C@]3(C1)C(CC[C@H]3C)C2(C)C. The predicted molar refractivity (Wildman–Crippen MR) is 74.2 cm³/mol. The molecule has 0 radical (unpaired) electrons. The standard InChI is InChI=1S/C17H26O/c1-10-6-7-15-16(4,5)14-9-17(10,15)8-13(11(14)2)12(3)18/h10,14-15H,6-9H2,1-5H3/t10-,14+,15?,17+/m1/s1. The van der Waals surface area contributed by atoms with Crippen molar-refractivity contribution >= 4 is 5.78 Å². The number of rotatable bonds is 1. The first-order chi connectivity index (χ1) is 8.30. The predicted octanol–water partition coefficient (Wildman–Crippen LogP) is 4.37. The molecule has 1 heteroatoms. The van der Waals surface area contributed by atoms with Crippen LogP contribution >= 0.6 is 0 Å². The normalized spacial score (nSPS) is 45.3. The molecule has 0 aromatic rings. The summed E-state index contributed by atoms with van der Waals surface area (Å²) in [5, 5.41) is 0. The van der Waals surface area contributed by atoms with Crippen molar-refractivity contribution in [2.75, 3.05) is 0 Å². The summed E-state index contributed by atoms with van der Waals surface area (Å²) >= 11 is 0. The molecule has 0 amide bonds. The van der Waals surface area contributed by atoms with Crippen molar-refractivity contribution < 1.29 is 4.79 Å². The zero-order valence-corrected chi connectivity index (χ0v) is 12.5. The summed E-state index contributed by atoms with van der Waals surface area (Å²) in [6, 6.07) is 0. The van der Waals surface area contributed by atoms with Crippen LogP contribution in [0.4, 0.5) is 0 Å². The summed E-state index contributed by atoms with van der Waals surface area (Å²) in [5.41, 5.74) is 3.44. The summed E-state index contributed by atoms with van der Waals surface area (Å²) in [7, 11) is 0. The van der Waals surface area contributed by atoms with E-state index in [4.69, 9.17) is 0 Å². The summed E-state index contributed by atoms with van der Waals surface area (Å²) in [6.45, 7) is 11.3. The molecule has 2 fully saturated rings. The lowest BCUT2D eigenvalue weighted by Gasteiger charge is -2.38. The maximum absolute atomic E-state index is 12.0. The highest BCUT2D eigenvalue weighted by atomic mass is 16.1. The first-order valence-electron chi connectivity index (χ1n) is 7.51.